The number of hydrogen-bond acceptors (Lipinski definition) is 5. The Balaban J connectivity index is 1.26. The molecule has 0 atom stereocenters. The molecule has 3 heterocycles. The first-order chi connectivity index (χ1) is 16.3. The lowest BCUT2D eigenvalue weighted by molar-refractivity contribution is -0.137. The van der Waals surface area contributed by atoms with Gasteiger partial charge in [-0.05, 0) is 49.9 Å². The van der Waals surface area contributed by atoms with Crippen molar-refractivity contribution in [3.05, 3.63) is 58.2 Å². The van der Waals surface area contributed by atoms with Gasteiger partial charge >= 0.3 is 6.03 Å². The van der Waals surface area contributed by atoms with Gasteiger partial charge in [0, 0.05) is 29.7 Å². The first-order valence-corrected chi connectivity index (χ1v) is 11.6. The van der Waals surface area contributed by atoms with Crippen molar-refractivity contribution >= 4 is 40.4 Å². The number of nitrogens with one attached hydrogen (secondary N) is 2. The van der Waals surface area contributed by atoms with Crippen molar-refractivity contribution in [2.45, 2.75) is 37.8 Å². The van der Waals surface area contributed by atoms with E-state index in [1.165, 1.54) is 27.7 Å². The van der Waals surface area contributed by atoms with E-state index in [0.717, 1.165) is 12.8 Å². The summed E-state index contributed by atoms with van der Waals surface area (Å²) >= 11 is 5.93. The predicted octanol–water partition coefficient (Wildman–Crippen LogP) is 2.56. The smallest absolute Gasteiger partial charge is 0.323 e. The number of urea groups is 1. The molecule has 0 spiro atoms. The van der Waals surface area contributed by atoms with Crippen LogP contribution >= 0.6 is 11.6 Å². The number of nitrogens with zero attached hydrogens (tertiary/aromatic N) is 4. The Labute approximate surface area is 200 Å². The van der Waals surface area contributed by atoms with Gasteiger partial charge in [0.2, 0.25) is 5.91 Å². The molecule has 0 unspecified atom stereocenters. The number of aliphatic hydroxyl groups is 1. The van der Waals surface area contributed by atoms with E-state index < -0.39 is 11.6 Å². The monoisotopic (exact) mass is 484 g/mol. The van der Waals surface area contributed by atoms with Gasteiger partial charge < -0.3 is 20.6 Å². The number of fused-ring (bicyclic) bond motifs is 1. The van der Waals surface area contributed by atoms with Gasteiger partial charge in [-0.3, -0.25) is 14.2 Å². The van der Waals surface area contributed by atoms with Gasteiger partial charge in [0.1, 0.15) is 11.8 Å². The molecule has 1 saturated carbocycles. The average molecular weight is 485 g/mol. The Morgan fingerprint density at radius 3 is 2.59 bits per heavy atom. The second-order valence-electron chi connectivity index (χ2n) is 9.04. The Kier molecular flexibility index (Phi) is 5.78. The number of aromatic nitrogens is 3. The molecule has 3 N–H and O–H groups in total. The van der Waals surface area contributed by atoms with Gasteiger partial charge in [-0.25, -0.2) is 9.31 Å². The lowest BCUT2D eigenvalue weighted by Crippen LogP contribution is -2.50. The molecule has 2 fully saturated rings. The van der Waals surface area contributed by atoms with Gasteiger partial charge in [0.15, 0.2) is 0 Å². The molecule has 2 aromatic heterocycles. The van der Waals surface area contributed by atoms with Crippen LogP contribution in [0.1, 0.15) is 25.7 Å². The molecular weight excluding hydrogens is 460 g/mol. The molecule has 5 rings (SSSR count). The van der Waals surface area contributed by atoms with Gasteiger partial charge in [-0.1, -0.05) is 17.7 Å². The number of likely N-dealkylation sites (tertiary alicyclic amines) is 1. The molecule has 0 radical (unpaired) electrons. The van der Waals surface area contributed by atoms with Gasteiger partial charge in [0.25, 0.3) is 5.56 Å². The van der Waals surface area contributed by atoms with E-state index in [4.69, 9.17) is 11.6 Å². The van der Waals surface area contributed by atoms with Crippen LogP contribution in [0.15, 0.2) is 47.7 Å². The molecule has 0 bridgehead atoms. The van der Waals surface area contributed by atoms with Gasteiger partial charge in [-0.2, -0.15) is 5.10 Å². The summed E-state index contributed by atoms with van der Waals surface area (Å²) in [4.78, 5) is 39.4. The summed E-state index contributed by atoms with van der Waals surface area (Å²) in [7, 11) is 0. The third-order valence-corrected chi connectivity index (χ3v) is 6.57. The molecule has 3 amide bonds. The largest absolute Gasteiger partial charge is 0.388 e. The highest BCUT2D eigenvalue weighted by Crippen LogP contribution is 2.33. The lowest BCUT2D eigenvalue weighted by Gasteiger charge is -2.38. The van der Waals surface area contributed by atoms with E-state index in [2.05, 4.69) is 15.7 Å². The minimum atomic E-state index is -1.09. The van der Waals surface area contributed by atoms with E-state index in [9.17, 15) is 19.5 Å². The number of carbonyl (C=O) groups is 2. The zero-order valence-electron chi connectivity index (χ0n) is 18.4. The van der Waals surface area contributed by atoms with Crippen LogP contribution in [0.25, 0.3) is 5.52 Å². The number of halogens is 1. The predicted molar refractivity (Wildman–Crippen MR) is 127 cm³/mol. The number of carbonyl (C=O) groups excluding carboxylic acids is 2. The number of hydrogen-bond donors (Lipinski definition) is 3. The summed E-state index contributed by atoms with van der Waals surface area (Å²) in [5.74, 6) is 0.333. The van der Waals surface area contributed by atoms with E-state index in [1.807, 2.05) is 4.90 Å². The fraction of sp³-hybridized carbons (Fsp3) is 0.391. The highest BCUT2D eigenvalue weighted by Gasteiger charge is 2.39. The fourth-order valence-electron chi connectivity index (χ4n) is 4.27. The third-order valence-electron chi connectivity index (χ3n) is 6.33. The molecule has 34 heavy (non-hydrogen) atoms. The van der Waals surface area contributed by atoms with E-state index >= 15 is 0 Å². The normalized spacial score (nSPS) is 17.5. The highest BCUT2D eigenvalue weighted by atomic mass is 35.5. The Morgan fingerprint density at radius 1 is 1.15 bits per heavy atom. The zero-order valence-corrected chi connectivity index (χ0v) is 19.2. The second-order valence-corrected chi connectivity index (χ2v) is 9.47. The average Bonchev–Trinajstić information content (AvgIpc) is 3.56. The van der Waals surface area contributed by atoms with E-state index in [0.29, 0.717) is 42.3 Å². The Hall–Kier alpha value is -3.37. The molecule has 11 heteroatoms. The summed E-state index contributed by atoms with van der Waals surface area (Å²) in [6.45, 7) is 1.05. The van der Waals surface area contributed by atoms with E-state index in [1.54, 1.807) is 24.3 Å². The van der Waals surface area contributed by atoms with Crippen LogP contribution in [0.5, 0.6) is 0 Å². The van der Waals surface area contributed by atoms with Gasteiger partial charge in [-0.15, -0.1) is 0 Å². The SMILES string of the molecule is O=C(Nc1cccc(Cl)c1)Nc1cc2c(=O)n(CC3(O)CCN(C(=O)C4CC4)CC3)cnn2c1. The highest BCUT2D eigenvalue weighted by molar-refractivity contribution is 6.30. The van der Waals surface area contributed by atoms with Crippen LogP contribution in [0.4, 0.5) is 16.2 Å². The summed E-state index contributed by atoms with van der Waals surface area (Å²) in [5.41, 5.74) is -0.220. The van der Waals surface area contributed by atoms with Crippen molar-refractivity contribution in [3.8, 4) is 0 Å². The molecule has 1 saturated heterocycles. The molecule has 1 aliphatic heterocycles. The number of piperidine rings is 1. The molecule has 1 aliphatic carbocycles. The maximum Gasteiger partial charge on any atom is 0.323 e. The topological polar surface area (TPSA) is 121 Å². The quantitative estimate of drug-likeness (QED) is 0.514. The van der Waals surface area contributed by atoms with Crippen molar-refractivity contribution in [2.24, 2.45) is 5.92 Å². The number of amides is 3. The van der Waals surface area contributed by atoms with Crippen LogP contribution < -0.4 is 16.2 Å². The first kappa shape index (κ1) is 22.4. The summed E-state index contributed by atoms with van der Waals surface area (Å²) in [6, 6.07) is 7.80. The van der Waals surface area contributed by atoms with Crippen LogP contribution in [0.3, 0.4) is 0 Å². The maximum absolute atomic E-state index is 13.0. The van der Waals surface area contributed by atoms with E-state index in [-0.39, 0.29) is 29.4 Å². The minimum absolute atomic E-state index is 0.0873. The van der Waals surface area contributed by atoms with Crippen LogP contribution in [0, 0.1) is 5.92 Å². The van der Waals surface area contributed by atoms with Crippen LogP contribution in [0.2, 0.25) is 5.02 Å². The zero-order chi connectivity index (χ0) is 23.9. The van der Waals surface area contributed by atoms with Crippen LogP contribution in [-0.2, 0) is 11.3 Å². The van der Waals surface area contributed by atoms with Crippen molar-refractivity contribution in [2.75, 3.05) is 23.7 Å². The van der Waals surface area contributed by atoms with Crippen molar-refractivity contribution in [1.29, 1.82) is 0 Å². The molecule has 178 valence electrons. The van der Waals surface area contributed by atoms with Crippen molar-refractivity contribution in [3.63, 3.8) is 0 Å². The maximum atomic E-state index is 13.0. The summed E-state index contributed by atoms with van der Waals surface area (Å²) in [5, 5.41) is 21.2. The first-order valence-electron chi connectivity index (χ1n) is 11.2. The number of rotatable bonds is 5. The molecule has 3 aromatic rings. The van der Waals surface area contributed by atoms with Crippen molar-refractivity contribution in [1.82, 2.24) is 19.1 Å². The second kappa shape index (κ2) is 8.77. The third kappa shape index (κ3) is 4.78. The van der Waals surface area contributed by atoms with Gasteiger partial charge in [0.05, 0.1) is 24.0 Å². The number of benzene rings is 1. The fourth-order valence-corrected chi connectivity index (χ4v) is 4.46. The minimum Gasteiger partial charge on any atom is -0.388 e. The summed E-state index contributed by atoms with van der Waals surface area (Å²) < 4.78 is 2.76. The Bertz CT molecular complexity index is 1310. The lowest BCUT2D eigenvalue weighted by atomic mass is 9.91. The van der Waals surface area contributed by atoms with Crippen molar-refractivity contribution < 1.29 is 14.7 Å². The molecular formula is C23H25ClN6O4. The molecule has 2 aliphatic rings. The Morgan fingerprint density at radius 2 is 1.88 bits per heavy atom. The molecule has 10 nitrogen and oxygen atoms in total. The van der Waals surface area contributed by atoms with Crippen LogP contribution in [-0.4, -0.2) is 54.8 Å². The standard InChI is InChI=1S/C23H25ClN6O4/c24-16-2-1-3-17(10-16)26-22(33)27-18-11-19-21(32)29(14-25-30(19)12-18)13-23(34)6-8-28(9-7-23)20(31)15-4-5-15/h1-3,10-12,14-15,34H,4-9,13H2,(H2,26,27,33). The molecule has 1 aromatic carbocycles. The number of anilines is 2. The summed E-state index contributed by atoms with van der Waals surface area (Å²) in [6.07, 6.45) is 5.63.